The molecule has 4 aromatic rings. The van der Waals surface area contributed by atoms with Crippen molar-refractivity contribution in [3.8, 4) is 0 Å². The van der Waals surface area contributed by atoms with Crippen molar-refractivity contribution in [3.05, 3.63) is 77.1 Å². The molecule has 0 saturated heterocycles. The van der Waals surface area contributed by atoms with E-state index in [0.29, 0.717) is 16.3 Å². The first kappa shape index (κ1) is 17.6. The first-order valence-corrected chi connectivity index (χ1v) is 9.19. The van der Waals surface area contributed by atoms with Crippen molar-refractivity contribution in [1.82, 2.24) is 4.57 Å². The molecular weight excluding hydrogens is 363 g/mol. The van der Waals surface area contributed by atoms with Gasteiger partial charge < -0.3 is 9.88 Å². The molecule has 0 fully saturated rings. The second kappa shape index (κ2) is 7.05. The summed E-state index contributed by atoms with van der Waals surface area (Å²) in [6.07, 6.45) is -0.0439. The van der Waals surface area contributed by atoms with E-state index in [4.69, 9.17) is 11.6 Å². The molecule has 0 aliphatic rings. The van der Waals surface area contributed by atoms with E-state index >= 15 is 0 Å². The number of fused-ring (bicyclic) bond motifs is 3. The molecule has 1 aromatic heterocycles. The zero-order valence-corrected chi connectivity index (χ0v) is 15.6. The maximum atomic E-state index is 13.9. The number of carbonyl (C=O) groups excluding carboxylic acids is 1. The highest BCUT2D eigenvalue weighted by Gasteiger charge is 2.12. The topological polar surface area (TPSA) is 34.0 Å². The van der Waals surface area contributed by atoms with E-state index in [1.165, 1.54) is 17.6 Å². The lowest BCUT2D eigenvalue weighted by molar-refractivity contribution is -0.115. The van der Waals surface area contributed by atoms with Crippen LogP contribution in [0.5, 0.6) is 0 Å². The maximum absolute atomic E-state index is 13.9. The normalized spacial score (nSPS) is 11.2. The van der Waals surface area contributed by atoms with Crippen molar-refractivity contribution < 1.29 is 9.18 Å². The van der Waals surface area contributed by atoms with Crippen molar-refractivity contribution in [2.45, 2.75) is 19.9 Å². The maximum Gasteiger partial charge on any atom is 0.228 e. The molecule has 0 radical (unpaired) electrons. The molecule has 0 saturated carbocycles. The number of anilines is 1. The van der Waals surface area contributed by atoms with E-state index < -0.39 is 5.82 Å². The molecule has 5 heteroatoms. The van der Waals surface area contributed by atoms with Crippen LogP contribution in [0.2, 0.25) is 5.02 Å². The minimum atomic E-state index is -0.473. The first-order valence-electron chi connectivity index (χ1n) is 8.81. The van der Waals surface area contributed by atoms with Gasteiger partial charge in [0.25, 0.3) is 0 Å². The number of benzene rings is 3. The summed E-state index contributed by atoms with van der Waals surface area (Å²) in [4.78, 5) is 12.4. The number of nitrogens with zero attached hydrogens (tertiary/aromatic N) is 1. The molecular formula is C22H18ClFN2O. The monoisotopic (exact) mass is 380 g/mol. The molecule has 3 aromatic carbocycles. The predicted octanol–water partition coefficient (Wildman–Crippen LogP) is 5.79. The van der Waals surface area contributed by atoms with Crippen LogP contribution >= 0.6 is 11.6 Å². The number of hydrogen-bond acceptors (Lipinski definition) is 1. The van der Waals surface area contributed by atoms with E-state index in [9.17, 15) is 9.18 Å². The van der Waals surface area contributed by atoms with Gasteiger partial charge in [0.1, 0.15) is 5.82 Å². The molecule has 0 atom stereocenters. The molecule has 1 N–H and O–H groups in total. The average molecular weight is 381 g/mol. The fourth-order valence-electron chi connectivity index (χ4n) is 3.52. The quantitative estimate of drug-likeness (QED) is 0.477. The molecule has 136 valence electrons. The van der Waals surface area contributed by atoms with Gasteiger partial charge in [-0.2, -0.15) is 0 Å². The van der Waals surface area contributed by atoms with Gasteiger partial charge in [-0.05, 0) is 48.9 Å². The van der Waals surface area contributed by atoms with Crippen LogP contribution in [-0.4, -0.2) is 10.5 Å². The number of aromatic nitrogens is 1. The summed E-state index contributed by atoms with van der Waals surface area (Å²) in [5.74, 6) is -0.742. The fraction of sp³-hybridized carbons (Fsp3) is 0.136. The van der Waals surface area contributed by atoms with E-state index in [0.717, 1.165) is 22.8 Å². The number of rotatable bonds is 4. The number of carbonyl (C=O) groups is 1. The first-order chi connectivity index (χ1) is 13.1. The Morgan fingerprint density at radius 1 is 1.04 bits per heavy atom. The van der Waals surface area contributed by atoms with Crippen LogP contribution in [-0.2, 0) is 17.8 Å². The smallest absolute Gasteiger partial charge is 0.228 e. The van der Waals surface area contributed by atoms with E-state index in [2.05, 4.69) is 28.9 Å². The second-order valence-electron chi connectivity index (χ2n) is 6.45. The molecule has 27 heavy (non-hydrogen) atoms. The van der Waals surface area contributed by atoms with Gasteiger partial charge in [-0.15, -0.1) is 0 Å². The lowest BCUT2D eigenvalue weighted by Crippen LogP contribution is -2.15. The summed E-state index contributed by atoms with van der Waals surface area (Å²) in [5.41, 5.74) is 3.31. The van der Waals surface area contributed by atoms with Crippen LogP contribution in [0.25, 0.3) is 21.8 Å². The minimum absolute atomic E-state index is 0.0439. The van der Waals surface area contributed by atoms with Crippen LogP contribution < -0.4 is 5.32 Å². The van der Waals surface area contributed by atoms with Crippen LogP contribution in [0.1, 0.15) is 12.5 Å². The molecule has 3 nitrogen and oxygen atoms in total. The second-order valence-corrected chi connectivity index (χ2v) is 6.89. The number of amides is 1. The zero-order valence-electron chi connectivity index (χ0n) is 14.8. The summed E-state index contributed by atoms with van der Waals surface area (Å²) in [7, 11) is 0. The number of hydrogen-bond donors (Lipinski definition) is 1. The third kappa shape index (κ3) is 3.28. The van der Waals surface area contributed by atoms with Crippen molar-refractivity contribution in [1.29, 1.82) is 0 Å². The Morgan fingerprint density at radius 2 is 1.81 bits per heavy atom. The van der Waals surface area contributed by atoms with Crippen molar-refractivity contribution in [3.63, 3.8) is 0 Å². The highest BCUT2D eigenvalue weighted by atomic mass is 35.5. The van der Waals surface area contributed by atoms with E-state index in [1.807, 2.05) is 30.3 Å². The lowest BCUT2D eigenvalue weighted by Gasteiger charge is -2.08. The lowest BCUT2D eigenvalue weighted by atomic mass is 10.1. The fourth-order valence-corrected chi connectivity index (χ4v) is 3.67. The highest BCUT2D eigenvalue weighted by molar-refractivity contribution is 6.30. The Labute approximate surface area is 161 Å². The molecule has 0 unspecified atom stereocenters. The number of halogens is 2. The SMILES string of the molecule is CCn1c2ccccc2c2cc(NC(=O)Cc3ccc(Cl)cc3F)ccc21. The number of aryl methyl sites for hydroxylation is 1. The van der Waals surface area contributed by atoms with Crippen molar-refractivity contribution in [2.75, 3.05) is 5.32 Å². The summed E-state index contributed by atoms with van der Waals surface area (Å²) >= 11 is 5.76. The summed E-state index contributed by atoms with van der Waals surface area (Å²) < 4.78 is 16.2. The Balaban J connectivity index is 1.64. The zero-order chi connectivity index (χ0) is 19.0. The molecule has 1 amide bonds. The van der Waals surface area contributed by atoms with Gasteiger partial charge in [0, 0.05) is 39.1 Å². The van der Waals surface area contributed by atoms with E-state index in [1.54, 1.807) is 6.07 Å². The Bertz CT molecular complexity index is 1170. The average Bonchev–Trinajstić information content (AvgIpc) is 2.97. The van der Waals surface area contributed by atoms with E-state index in [-0.39, 0.29) is 12.3 Å². The molecule has 0 spiro atoms. The third-order valence-corrected chi connectivity index (χ3v) is 4.97. The van der Waals surface area contributed by atoms with Crippen LogP contribution in [0.3, 0.4) is 0 Å². The summed E-state index contributed by atoms with van der Waals surface area (Å²) in [5, 5.41) is 5.42. The Hall–Kier alpha value is -2.85. The molecule has 0 aliphatic carbocycles. The third-order valence-electron chi connectivity index (χ3n) is 4.74. The standard InChI is InChI=1S/C22H18ClFN2O/c1-2-26-20-6-4-3-5-17(20)18-13-16(9-10-21(18)26)25-22(27)11-14-7-8-15(23)12-19(14)24/h3-10,12-13H,2,11H2,1H3,(H,25,27). The van der Waals surface area contributed by atoms with Gasteiger partial charge in [-0.25, -0.2) is 4.39 Å². The van der Waals surface area contributed by atoms with Gasteiger partial charge in [0.15, 0.2) is 0 Å². The van der Waals surface area contributed by atoms with Gasteiger partial charge in [-0.3, -0.25) is 4.79 Å². The molecule has 4 rings (SSSR count). The van der Waals surface area contributed by atoms with Gasteiger partial charge in [0.2, 0.25) is 5.91 Å². The number of para-hydroxylation sites is 1. The largest absolute Gasteiger partial charge is 0.341 e. The molecule has 1 heterocycles. The Morgan fingerprint density at radius 3 is 2.59 bits per heavy atom. The summed E-state index contributed by atoms with van der Waals surface area (Å²) in [6, 6.07) is 18.4. The predicted molar refractivity (Wildman–Crippen MR) is 109 cm³/mol. The Kier molecular flexibility index (Phi) is 4.58. The van der Waals surface area contributed by atoms with Crippen molar-refractivity contribution >= 4 is 45.0 Å². The number of nitrogens with one attached hydrogen (secondary N) is 1. The van der Waals surface area contributed by atoms with Crippen LogP contribution in [0.4, 0.5) is 10.1 Å². The van der Waals surface area contributed by atoms with Gasteiger partial charge >= 0.3 is 0 Å². The molecule has 0 aliphatic heterocycles. The van der Waals surface area contributed by atoms with Crippen LogP contribution in [0, 0.1) is 5.82 Å². The summed E-state index contributed by atoms with van der Waals surface area (Å²) in [6.45, 7) is 2.98. The van der Waals surface area contributed by atoms with Gasteiger partial charge in [-0.1, -0.05) is 35.9 Å². The van der Waals surface area contributed by atoms with Gasteiger partial charge in [0.05, 0.1) is 6.42 Å². The molecule has 0 bridgehead atoms. The highest BCUT2D eigenvalue weighted by Crippen LogP contribution is 2.31. The van der Waals surface area contributed by atoms with Crippen LogP contribution in [0.15, 0.2) is 60.7 Å². The minimum Gasteiger partial charge on any atom is -0.341 e. The van der Waals surface area contributed by atoms with Crippen molar-refractivity contribution in [2.24, 2.45) is 0 Å².